The third-order valence-electron chi connectivity index (χ3n) is 3.57. The Morgan fingerprint density at radius 1 is 1.22 bits per heavy atom. The second-order valence-electron chi connectivity index (χ2n) is 5.62. The van der Waals surface area contributed by atoms with Crippen molar-refractivity contribution in [3.63, 3.8) is 0 Å². The van der Waals surface area contributed by atoms with E-state index in [0.717, 1.165) is 17.4 Å². The highest BCUT2D eigenvalue weighted by atomic mass is 32.2. The molecule has 0 atom stereocenters. The van der Waals surface area contributed by atoms with E-state index >= 15 is 0 Å². The molecule has 0 radical (unpaired) electrons. The zero-order valence-corrected chi connectivity index (χ0v) is 14.4. The maximum atomic E-state index is 4.53. The van der Waals surface area contributed by atoms with Crippen LogP contribution in [0, 0.1) is 6.92 Å². The molecule has 5 heteroatoms. The molecule has 0 N–H and O–H groups in total. The summed E-state index contributed by atoms with van der Waals surface area (Å²) in [6.07, 6.45) is 8.15. The molecular weight excluding hydrogens is 304 g/mol. The lowest BCUT2D eigenvalue weighted by atomic mass is 10.0. The molecule has 4 rings (SSSR count). The summed E-state index contributed by atoms with van der Waals surface area (Å²) < 4.78 is 1.84. The lowest BCUT2D eigenvalue weighted by molar-refractivity contribution is 0.528. The van der Waals surface area contributed by atoms with Crippen molar-refractivity contribution >= 4 is 23.5 Å². The molecule has 2 aromatic rings. The standard InChI is InChI=1S/C12H9NS.C6H11N3/c1-2-6-10-9(4-1)5-3-7-11-12(10)13-8-14-11;1-5(2)9-4-7-6(3)8-9/h1-7H,8H2;4-5H,1-3H3. The number of allylic oxidation sites excluding steroid dienone is 3. The van der Waals surface area contributed by atoms with Crippen LogP contribution in [0.4, 0.5) is 0 Å². The average Bonchev–Trinajstić information content (AvgIpc) is 3.14. The lowest BCUT2D eigenvalue weighted by Crippen LogP contribution is -2.00. The molecule has 1 aliphatic carbocycles. The molecule has 0 fully saturated rings. The molecule has 1 aromatic heterocycles. The first-order valence-electron chi connectivity index (χ1n) is 7.68. The van der Waals surface area contributed by atoms with Gasteiger partial charge in [-0.05, 0) is 32.4 Å². The van der Waals surface area contributed by atoms with Gasteiger partial charge >= 0.3 is 0 Å². The fourth-order valence-corrected chi connectivity index (χ4v) is 3.18. The minimum absolute atomic E-state index is 0.422. The maximum Gasteiger partial charge on any atom is 0.147 e. The Morgan fingerprint density at radius 3 is 2.74 bits per heavy atom. The van der Waals surface area contributed by atoms with Crippen LogP contribution in [0.2, 0.25) is 0 Å². The van der Waals surface area contributed by atoms with Crippen LogP contribution in [0.5, 0.6) is 0 Å². The van der Waals surface area contributed by atoms with Crippen LogP contribution in [0.1, 0.15) is 36.8 Å². The SMILES string of the molecule is C1=Cc2ccccc2C2=NCSC2=C1.Cc1ncn(C(C)C)n1. The minimum atomic E-state index is 0.422. The summed E-state index contributed by atoms with van der Waals surface area (Å²) in [6.45, 7) is 6.04. The first-order chi connectivity index (χ1) is 11.1. The fourth-order valence-electron chi connectivity index (χ4n) is 2.37. The highest BCUT2D eigenvalue weighted by Crippen LogP contribution is 2.31. The highest BCUT2D eigenvalue weighted by Gasteiger charge is 2.18. The number of nitrogens with zero attached hydrogens (tertiary/aromatic N) is 4. The van der Waals surface area contributed by atoms with Crippen LogP contribution in [-0.2, 0) is 0 Å². The molecule has 2 heterocycles. The second-order valence-corrected chi connectivity index (χ2v) is 6.61. The van der Waals surface area contributed by atoms with Gasteiger partial charge in [-0.25, -0.2) is 4.98 Å². The summed E-state index contributed by atoms with van der Waals surface area (Å²) >= 11 is 1.81. The number of aromatic nitrogens is 3. The topological polar surface area (TPSA) is 43.1 Å². The van der Waals surface area contributed by atoms with Crippen molar-refractivity contribution in [3.8, 4) is 0 Å². The molecule has 0 bridgehead atoms. The normalized spacial score (nSPS) is 15.1. The van der Waals surface area contributed by atoms with Gasteiger partial charge in [0.1, 0.15) is 12.2 Å². The van der Waals surface area contributed by atoms with Crippen molar-refractivity contribution in [3.05, 3.63) is 64.6 Å². The van der Waals surface area contributed by atoms with Crippen molar-refractivity contribution in [2.24, 2.45) is 4.99 Å². The minimum Gasteiger partial charge on any atom is -0.272 e. The highest BCUT2D eigenvalue weighted by molar-refractivity contribution is 8.04. The summed E-state index contributed by atoms with van der Waals surface area (Å²) in [6, 6.07) is 8.83. The molecule has 0 unspecified atom stereocenters. The summed E-state index contributed by atoms with van der Waals surface area (Å²) in [5.74, 6) is 1.70. The van der Waals surface area contributed by atoms with Crippen molar-refractivity contribution < 1.29 is 0 Å². The summed E-state index contributed by atoms with van der Waals surface area (Å²) in [7, 11) is 0. The summed E-state index contributed by atoms with van der Waals surface area (Å²) in [5.41, 5.74) is 3.69. The van der Waals surface area contributed by atoms with Crippen LogP contribution in [0.25, 0.3) is 6.08 Å². The van der Waals surface area contributed by atoms with Crippen molar-refractivity contribution in [1.82, 2.24) is 14.8 Å². The van der Waals surface area contributed by atoms with Gasteiger partial charge < -0.3 is 0 Å². The van der Waals surface area contributed by atoms with E-state index in [1.54, 1.807) is 6.33 Å². The molecule has 23 heavy (non-hydrogen) atoms. The Labute approximate surface area is 141 Å². The van der Waals surface area contributed by atoms with E-state index in [1.165, 1.54) is 16.0 Å². The zero-order valence-electron chi connectivity index (χ0n) is 13.6. The fraction of sp³-hybridized carbons (Fsp3) is 0.278. The Bertz CT molecular complexity index is 784. The van der Waals surface area contributed by atoms with E-state index in [1.807, 2.05) is 23.4 Å². The van der Waals surface area contributed by atoms with Crippen LogP contribution in [-0.4, -0.2) is 26.4 Å². The largest absolute Gasteiger partial charge is 0.272 e. The van der Waals surface area contributed by atoms with Gasteiger partial charge in [0.05, 0.1) is 11.6 Å². The number of hydrogen-bond acceptors (Lipinski definition) is 4. The quantitative estimate of drug-likeness (QED) is 0.787. The summed E-state index contributed by atoms with van der Waals surface area (Å²) in [4.78, 5) is 9.82. The van der Waals surface area contributed by atoms with Gasteiger partial charge in [0, 0.05) is 16.5 Å². The average molecular weight is 324 g/mol. The van der Waals surface area contributed by atoms with Crippen LogP contribution in [0.15, 0.2) is 52.6 Å². The number of aliphatic imine (C=N–C) groups is 1. The number of thioether (sulfide) groups is 1. The van der Waals surface area contributed by atoms with Gasteiger partial charge in [0.2, 0.25) is 0 Å². The Hall–Kier alpha value is -2.14. The van der Waals surface area contributed by atoms with E-state index < -0.39 is 0 Å². The number of fused-ring (bicyclic) bond motifs is 3. The van der Waals surface area contributed by atoms with Gasteiger partial charge in [-0.15, -0.1) is 11.8 Å². The van der Waals surface area contributed by atoms with E-state index in [4.69, 9.17) is 0 Å². The van der Waals surface area contributed by atoms with E-state index in [2.05, 4.69) is 71.4 Å². The smallest absolute Gasteiger partial charge is 0.147 e. The molecule has 0 saturated heterocycles. The molecule has 0 saturated carbocycles. The van der Waals surface area contributed by atoms with E-state index in [0.29, 0.717) is 6.04 Å². The Balaban J connectivity index is 0.000000151. The molecule has 2 aliphatic rings. The molecule has 0 spiro atoms. The number of hydrogen-bond donors (Lipinski definition) is 0. The maximum absolute atomic E-state index is 4.53. The van der Waals surface area contributed by atoms with Crippen LogP contribution < -0.4 is 0 Å². The Morgan fingerprint density at radius 2 is 2.04 bits per heavy atom. The first-order valence-corrected chi connectivity index (χ1v) is 8.67. The van der Waals surface area contributed by atoms with Gasteiger partial charge in [-0.3, -0.25) is 9.67 Å². The third-order valence-corrected chi connectivity index (χ3v) is 4.47. The first kappa shape index (κ1) is 15.7. The zero-order chi connectivity index (χ0) is 16.2. The van der Waals surface area contributed by atoms with Gasteiger partial charge in [0.15, 0.2) is 0 Å². The predicted molar refractivity (Wildman–Crippen MR) is 97.7 cm³/mol. The lowest BCUT2D eigenvalue weighted by Gasteiger charge is -2.04. The number of aryl methyl sites for hydroxylation is 1. The van der Waals surface area contributed by atoms with E-state index in [-0.39, 0.29) is 0 Å². The van der Waals surface area contributed by atoms with Crippen molar-refractivity contribution in [2.45, 2.75) is 26.8 Å². The van der Waals surface area contributed by atoms with Gasteiger partial charge in [-0.1, -0.05) is 36.4 Å². The van der Waals surface area contributed by atoms with Crippen LogP contribution in [0.3, 0.4) is 0 Å². The van der Waals surface area contributed by atoms with E-state index in [9.17, 15) is 0 Å². The molecule has 1 aromatic carbocycles. The third kappa shape index (κ3) is 3.62. The number of benzene rings is 1. The predicted octanol–water partition coefficient (Wildman–Crippen LogP) is 4.26. The monoisotopic (exact) mass is 324 g/mol. The molecular formula is C18H20N4S. The molecule has 0 amide bonds. The van der Waals surface area contributed by atoms with Crippen LogP contribution >= 0.6 is 11.8 Å². The van der Waals surface area contributed by atoms with Gasteiger partial charge in [-0.2, -0.15) is 5.10 Å². The molecule has 4 nitrogen and oxygen atoms in total. The molecule has 1 aliphatic heterocycles. The van der Waals surface area contributed by atoms with Gasteiger partial charge in [0.25, 0.3) is 0 Å². The van der Waals surface area contributed by atoms with Crippen molar-refractivity contribution in [1.29, 1.82) is 0 Å². The molecule has 118 valence electrons. The van der Waals surface area contributed by atoms with Crippen molar-refractivity contribution in [2.75, 3.05) is 5.88 Å². The second kappa shape index (κ2) is 6.96. The number of rotatable bonds is 1. The summed E-state index contributed by atoms with van der Waals surface area (Å²) in [5, 5.41) is 4.12. The Kier molecular flexibility index (Phi) is 4.76.